The van der Waals surface area contributed by atoms with Gasteiger partial charge in [-0.05, 0) is 55.0 Å². The average molecular weight is 438 g/mol. The number of anilines is 2. The molecule has 2 atom stereocenters. The molecule has 2 unspecified atom stereocenters. The lowest BCUT2D eigenvalue weighted by molar-refractivity contribution is -0.114. The first kappa shape index (κ1) is 21.2. The highest BCUT2D eigenvalue weighted by Gasteiger charge is 2.26. The van der Waals surface area contributed by atoms with E-state index in [1.807, 2.05) is 48.2 Å². The molecule has 0 aliphatic carbocycles. The van der Waals surface area contributed by atoms with Gasteiger partial charge in [-0.25, -0.2) is 0 Å². The van der Waals surface area contributed by atoms with Crippen LogP contribution >= 0.6 is 11.7 Å². The van der Waals surface area contributed by atoms with Crippen molar-refractivity contribution in [3.05, 3.63) is 47.5 Å². The zero-order valence-corrected chi connectivity index (χ0v) is 18.8. The number of nitrogens with one attached hydrogen (secondary N) is 2. The Kier molecular flexibility index (Phi) is 6.18. The van der Waals surface area contributed by atoms with Crippen LogP contribution in [0.2, 0.25) is 0 Å². The molecule has 1 aliphatic heterocycles. The van der Waals surface area contributed by atoms with E-state index in [1.54, 1.807) is 0 Å². The summed E-state index contributed by atoms with van der Waals surface area (Å²) in [5.41, 5.74) is 4.51. The second-order valence-electron chi connectivity index (χ2n) is 8.53. The number of benzene rings is 2. The third kappa shape index (κ3) is 4.85. The fourth-order valence-electron chi connectivity index (χ4n) is 4.23. The van der Waals surface area contributed by atoms with E-state index in [2.05, 4.69) is 33.2 Å². The average Bonchev–Trinajstić information content (AvgIpc) is 3.22. The fourth-order valence-corrected chi connectivity index (χ4v) is 4.78. The van der Waals surface area contributed by atoms with Gasteiger partial charge in [-0.15, -0.1) is 0 Å². The number of aromatic nitrogens is 2. The molecule has 4 rings (SSSR count). The Balaban J connectivity index is 1.42. The molecule has 0 bridgehead atoms. The first-order valence-electron chi connectivity index (χ1n) is 10.6. The Morgan fingerprint density at radius 2 is 1.87 bits per heavy atom. The molecule has 2 heterocycles. The normalized spacial score (nSPS) is 18.7. The highest BCUT2D eigenvalue weighted by Crippen LogP contribution is 2.25. The van der Waals surface area contributed by atoms with Gasteiger partial charge in [-0.1, -0.05) is 26.0 Å². The predicted octanol–water partition coefficient (Wildman–Crippen LogP) is 4.17. The summed E-state index contributed by atoms with van der Waals surface area (Å²) in [7, 11) is 0. The molecule has 1 saturated heterocycles. The van der Waals surface area contributed by atoms with Crippen molar-refractivity contribution in [3.63, 3.8) is 0 Å². The van der Waals surface area contributed by atoms with Crippen LogP contribution in [0.1, 0.15) is 36.2 Å². The van der Waals surface area contributed by atoms with Gasteiger partial charge in [0.25, 0.3) is 5.91 Å². The number of nitrogens with zero attached hydrogens (tertiary/aromatic N) is 3. The van der Waals surface area contributed by atoms with Crippen molar-refractivity contribution in [2.75, 3.05) is 30.3 Å². The molecule has 1 aromatic heterocycles. The molecule has 0 spiro atoms. The van der Waals surface area contributed by atoms with Gasteiger partial charge in [-0.2, -0.15) is 8.75 Å². The topological polar surface area (TPSA) is 87.2 Å². The quantitative estimate of drug-likeness (QED) is 0.626. The highest BCUT2D eigenvalue weighted by molar-refractivity contribution is 7.00. The summed E-state index contributed by atoms with van der Waals surface area (Å²) in [5.74, 6) is 0.887. The molecule has 1 aliphatic rings. The van der Waals surface area contributed by atoms with Gasteiger partial charge >= 0.3 is 0 Å². The van der Waals surface area contributed by atoms with Crippen molar-refractivity contribution in [1.29, 1.82) is 0 Å². The number of likely N-dealkylation sites (tertiary alicyclic amines) is 1. The summed E-state index contributed by atoms with van der Waals surface area (Å²) in [6.45, 7) is 8.02. The lowest BCUT2D eigenvalue weighted by atomic mass is 9.91. The number of carbonyl (C=O) groups is 2. The van der Waals surface area contributed by atoms with Gasteiger partial charge in [0, 0.05) is 24.3 Å². The lowest BCUT2D eigenvalue weighted by Crippen LogP contribution is -2.42. The van der Waals surface area contributed by atoms with Gasteiger partial charge in [0.05, 0.1) is 24.0 Å². The maximum atomic E-state index is 13.0. The number of rotatable bonds is 5. The van der Waals surface area contributed by atoms with E-state index < -0.39 is 0 Å². The summed E-state index contributed by atoms with van der Waals surface area (Å²) in [5, 5.41) is 6.06. The van der Waals surface area contributed by atoms with Crippen LogP contribution in [0.25, 0.3) is 11.0 Å². The van der Waals surface area contributed by atoms with Crippen LogP contribution in [0.5, 0.6) is 0 Å². The molecule has 8 heteroatoms. The minimum absolute atomic E-state index is 0.0496. The van der Waals surface area contributed by atoms with Crippen LogP contribution in [0.4, 0.5) is 11.4 Å². The van der Waals surface area contributed by atoms with Crippen LogP contribution in [-0.2, 0) is 4.79 Å². The van der Waals surface area contributed by atoms with E-state index >= 15 is 0 Å². The Labute approximate surface area is 186 Å². The third-order valence-electron chi connectivity index (χ3n) is 5.64. The Bertz CT molecular complexity index is 1100. The number of hydrogen-bond acceptors (Lipinski definition) is 6. The van der Waals surface area contributed by atoms with Gasteiger partial charge in [0.1, 0.15) is 11.0 Å². The molecule has 31 heavy (non-hydrogen) atoms. The third-order valence-corrected chi connectivity index (χ3v) is 6.18. The van der Waals surface area contributed by atoms with Crippen molar-refractivity contribution >= 4 is 46.0 Å². The molecule has 1 fully saturated rings. The van der Waals surface area contributed by atoms with E-state index in [4.69, 9.17) is 0 Å². The van der Waals surface area contributed by atoms with E-state index in [0.29, 0.717) is 28.6 Å². The van der Waals surface area contributed by atoms with Crippen LogP contribution < -0.4 is 10.6 Å². The SMILES string of the molecule is Cc1ccc(C(=O)N2CC(C)CC(C)C2)cc1NCC(=O)Nc1cccc2nsnc12. The monoisotopic (exact) mass is 437 g/mol. The fraction of sp³-hybridized carbons (Fsp3) is 0.391. The first-order chi connectivity index (χ1) is 14.9. The molecule has 162 valence electrons. The molecular formula is C23H27N5O2S. The number of fused-ring (bicyclic) bond motifs is 1. The molecule has 0 radical (unpaired) electrons. The molecule has 3 aromatic rings. The van der Waals surface area contributed by atoms with E-state index in [0.717, 1.165) is 48.0 Å². The molecular weight excluding hydrogens is 410 g/mol. The summed E-state index contributed by atoms with van der Waals surface area (Å²) in [6.07, 6.45) is 1.16. The lowest BCUT2D eigenvalue weighted by Gasteiger charge is -2.35. The van der Waals surface area contributed by atoms with E-state index in [9.17, 15) is 9.59 Å². The maximum absolute atomic E-state index is 13.0. The van der Waals surface area contributed by atoms with Crippen LogP contribution in [0.3, 0.4) is 0 Å². The smallest absolute Gasteiger partial charge is 0.253 e. The highest BCUT2D eigenvalue weighted by atomic mass is 32.1. The van der Waals surface area contributed by atoms with E-state index in [-0.39, 0.29) is 18.4 Å². The van der Waals surface area contributed by atoms with Crippen molar-refractivity contribution in [2.45, 2.75) is 27.2 Å². The minimum Gasteiger partial charge on any atom is -0.376 e. The summed E-state index contributed by atoms with van der Waals surface area (Å²) < 4.78 is 8.44. The van der Waals surface area contributed by atoms with Crippen molar-refractivity contribution in [1.82, 2.24) is 13.6 Å². The standard InChI is InChI=1S/C23H27N5O2S/c1-14-9-15(2)13-28(12-14)23(30)17-8-7-16(3)20(10-17)24-11-21(29)25-18-5-4-6-19-22(18)27-31-26-19/h4-8,10,14-15,24H,9,11-13H2,1-3H3,(H,25,29). The molecule has 2 aromatic carbocycles. The molecule has 7 nitrogen and oxygen atoms in total. The molecule has 2 amide bonds. The van der Waals surface area contributed by atoms with Crippen molar-refractivity contribution in [3.8, 4) is 0 Å². The Morgan fingerprint density at radius 3 is 2.65 bits per heavy atom. The van der Waals surface area contributed by atoms with Crippen LogP contribution in [0, 0.1) is 18.8 Å². The number of carbonyl (C=O) groups excluding carboxylic acids is 2. The maximum Gasteiger partial charge on any atom is 0.253 e. The van der Waals surface area contributed by atoms with Crippen LogP contribution in [-0.4, -0.2) is 45.1 Å². The summed E-state index contributed by atoms with van der Waals surface area (Å²) in [4.78, 5) is 27.5. The van der Waals surface area contributed by atoms with Crippen LogP contribution in [0.15, 0.2) is 36.4 Å². The largest absolute Gasteiger partial charge is 0.376 e. The number of piperidine rings is 1. The van der Waals surface area contributed by atoms with Gasteiger partial charge < -0.3 is 15.5 Å². The van der Waals surface area contributed by atoms with E-state index in [1.165, 1.54) is 0 Å². The zero-order valence-electron chi connectivity index (χ0n) is 18.0. The summed E-state index contributed by atoms with van der Waals surface area (Å²) >= 11 is 1.12. The second-order valence-corrected chi connectivity index (χ2v) is 9.05. The Hall–Kier alpha value is -3.00. The molecule has 0 saturated carbocycles. The van der Waals surface area contributed by atoms with Gasteiger partial charge in [0.15, 0.2) is 0 Å². The number of hydrogen-bond donors (Lipinski definition) is 2. The first-order valence-corrected chi connectivity index (χ1v) is 11.3. The number of amides is 2. The van der Waals surface area contributed by atoms with Gasteiger partial charge in [-0.3, -0.25) is 9.59 Å². The zero-order chi connectivity index (χ0) is 22.0. The minimum atomic E-state index is -0.185. The predicted molar refractivity (Wildman–Crippen MR) is 125 cm³/mol. The second kappa shape index (κ2) is 9.01. The van der Waals surface area contributed by atoms with Crippen molar-refractivity contribution < 1.29 is 9.59 Å². The summed E-state index contributed by atoms with van der Waals surface area (Å²) in [6, 6.07) is 11.2. The van der Waals surface area contributed by atoms with Gasteiger partial charge in [0.2, 0.25) is 5.91 Å². The van der Waals surface area contributed by atoms with Crippen molar-refractivity contribution in [2.24, 2.45) is 11.8 Å². The molecule has 2 N–H and O–H groups in total. The Morgan fingerprint density at radius 1 is 1.10 bits per heavy atom. The number of aryl methyl sites for hydroxylation is 1.